The van der Waals surface area contributed by atoms with Gasteiger partial charge in [-0.1, -0.05) is 38.3 Å². The molecule has 1 fully saturated rings. The van der Waals surface area contributed by atoms with Crippen LogP contribution in [-0.4, -0.2) is 11.0 Å². The van der Waals surface area contributed by atoms with Crippen LogP contribution >= 0.6 is 11.6 Å². The molecular formula is C14H19ClN2O2. The molecule has 5 heteroatoms. The van der Waals surface area contributed by atoms with Gasteiger partial charge >= 0.3 is 0 Å². The van der Waals surface area contributed by atoms with Crippen LogP contribution in [0.1, 0.15) is 33.1 Å². The van der Waals surface area contributed by atoms with E-state index in [1.807, 2.05) is 0 Å². The molecule has 1 aromatic rings. The molecule has 0 aromatic heterocycles. The summed E-state index contributed by atoms with van der Waals surface area (Å²) in [5, 5.41) is 14.5. The molecule has 4 nitrogen and oxygen atoms in total. The smallest absolute Gasteiger partial charge is 0.271 e. The number of nitro benzene ring substituents is 1. The summed E-state index contributed by atoms with van der Waals surface area (Å²) in [6, 6.07) is 4.99. The molecule has 0 unspecified atom stereocenters. The molecule has 1 aliphatic carbocycles. The van der Waals surface area contributed by atoms with E-state index in [0.717, 1.165) is 12.1 Å². The predicted octanol–water partition coefficient (Wildman–Crippen LogP) is 4.48. The van der Waals surface area contributed by atoms with Crippen LogP contribution in [0.5, 0.6) is 0 Å². The minimum absolute atomic E-state index is 0.0283. The summed E-state index contributed by atoms with van der Waals surface area (Å²) >= 11 is 6.11. The maximum atomic E-state index is 10.7. The van der Waals surface area contributed by atoms with Gasteiger partial charge in [-0.15, -0.1) is 0 Å². The molecule has 0 spiro atoms. The van der Waals surface area contributed by atoms with E-state index in [1.165, 1.54) is 25.0 Å². The monoisotopic (exact) mass is 282 g/mol. The highest BCUT2D eigenvalue weighted by Gasteiger charge is 2.27. The highest BCUT2D eigenvalue weighted by atomic mass is 35.5. The van der Waals surface area contributed by atoms with Crippen molar-refractivity contribution in [1.29, 1.82) is 0 Å². The van der Waals surface area contributed by atoms with E-state index in [9.17, 15) is 10.1 Å². The van der Waals surface area contributed by atoms with Crippen LogP contribution in [0.4, 0.5) is 11.4 Å². The Balaban J connectivity index is 2.12. The average Bonchev–Trinajstić information content (AvgIpc) is 2.37. The highest BCUT2D eigenvalue weighted by Crippen LogP contribution is 2.34. The van der Waals surface area contributed by atoms with Crippen LogP contribution in [0.3, 0.4) is 0 Å². The Morgan fingerprint density at radius 3 is 2.74 bits per heavy atom. The molecular weight excluding hydrogens is 264 g/mol. The van der Waals surface area contributed by atoms with E-state index in [1.54, 1.807) is 6.07 Å². The quantitative estimate of drug-likeness (QED) is 0.657. The second-order valence-electron chi connectivity index (χ2n) is 5.44. The Morgan fingerprint density at radius 1 is 1.37 bits per heavy atom. The second kappa shape index (κ2) is 5.78. The highest BCUT2D eigenvalue weighted by molar-refractivity contribution is 6.33. The van der Waals surface area contributed by atoms with Crippen molar-refractivity contribution in [3.05, 3.63) is 33.3 Å². The van der Waals surface area contributed by atoms with Gasteiger partial charge < -0.3 is 5.32 Å². The second-order valence-corrected chi connectivity index (χ2v) is 5.85. The Labute approximate surface area is 118 Å². The first-order chi connectivity index (χ1) is 8.99. The first kappa shape index (κ1) is 14.1. The number of nitro groups is 1. The Kier molecular flexibility index (Phi) is 4.30. The van der Waals surface area contributed by atoms with Gasteiger partial charge in [0, 0.05) is 18.2 Å². The number of halogens is 1. The molecule has 3 atom stereocenters. The van der Waals surface area contributed by atoms with Crippen molar-refractivity contribution >= 4 is 23.0 Å². The summed E-state index contributed by atoms with van der Waals surface area (Å²) in [6.07, 6.45) is 3.61. The van der Waals surface area contributed by atoms with Crippen molar-refractivity contribution in [3.8, 4) is 0 Å². The number of anilines is 1. The van der Waals surface area contributed by atoms with Gasteiger partial charge in [0.1, 0.15) is 0 Å². The van der Waals surface area contributed by atoms with Crippen LogP contribution < -0.4 is 5.32 Å². The zero-order valence-corrected chi connectivity index (χ0v) is 12.0. The van der Waals surface area contributed by atoms with Gasteiger partial charge in [-0.2, -0.15) is 0 Å². The molecule has 0 radical (unpaired) electrons. The van der Waals surface area contributed by atoms with Crippen LogP contribution in [0.15, 0.2) is 18.2 Å². The molecule has 19 heavy (non-hydrogen) atoms. The maximum Gasteiger partial charge on any atom is 0.271 e. The van der Waals surface area contributed by atoms with Gasteiger partial charge in [-0.05, 0) is 24.3 Å². The van der Waals surface area contributed by atoms with Crippen molar-refractivity contribution in [2.45, 2.75) is 39.2 Å². The first-order valence-electron chi connectivity index (χ1n) is 6.69. The van der Waals surface area contributed by atoms with E-state index in [4.69, 9.17) is 11.6 Å². The van der Waals surface area contributed by atoms with Crippen LogP contribution in [0, 0.1) is 22.0 Å². The molecule has 2 rings (SSSR count). The molecule has 1 N–H and O–H groups in total. The number of nitrogens with zero attached hydrogens (tertiary/aromatic N) is 1. The third-order valence-corrected chi connectivity index (χ3v) is 4.52. The van der Waals surface area contributed by atoms with Crippen LogP contribution in [-0.2, 0) is 0 Å². The van der Waals surface area contributed by atoms with E-state index < -0.39 is 4.92 Å². The summed E-state index contributed by atoms with van der Waals surface area (Å²) in [5.41, 5.74) is 0.818. The zero-order valence-electron chi connectivity index (χ0n) is 11.2. The van der Waals surface area contributed by atoms with Crippen LogP contribution in [0.25, 0.3) is 0 Å². The number of hydrogen-bond acceptors (Lipinski definition) is 3. The zero-order chi connectivity index (χ0) is 14.0. The summed E-state index contributed by atoms with van der Waals surface area (Å²) in [7, 11) is 0. The number of non-ortho nitro benzene ring substituents is 1. The number of rotatable bonds is 3. The summed E-state index contributed by atoms with van der Waals surface area (Å²) in [5.74, 6) is 1.28. The lowest BCUT2D eigenvalue weighted by Gasteiger charge is -2.35. The van der Waals surface area contributed by atoms with Crippen molar-refractivity contribution in [3.63, 3.8) is 0 Å². The molecule has 0 amide bonds. The number of benzene rings is 1. The van der Waals surface area contributed by atoms with Gasteiger partial charge in [0.05, 0.1) is 15.6 Å². The van der Waals surface area contributed by atoms with E-state index >= 15 is 0 Å². The predicted molar refractivity (Wildman–Crippen MR) is 77.7 cm³/mol. The third kappa shape index (κ3) is 3.18. The van der Waals surface area contributed by atoms with Crippen molar-refractivity contribution < 1.29 is 4.92 Å². The minimum Gasteiger partial charge on any atom is -0.381 e. The maximum absolute atomic E-state index is 10.7. The summed E-state index contributed by atoms with van der Waals surface area (Å²) < 4.78 is 0. The SMILES string of the molecule is C[C@H]1[C@H](C)CCC[C@@H]1Nc1ccc([N+](=O)[O-])cc1Cl. The van der Waals surface area contributed by atoms with Crippen molar-refractivity contribution in [1.82, 2.24) is 0 Å². The molecule has 0 aliphatic heterocycles. The van der Waals surface area contributed by atoms with Gasteiger partial charge in [-0.25, -0.2) is 0 Å². The standard InChI is InChI=1S/C14H19ClN2O2/c1-9-4-3-5-13(10(9)2)16-14-7-6-11(17(18)19)8-12(14)15/h6-10,13,16H,3-5H2,1-2H3/t9-,10+,13+/m1/s1. The van der Waals surface area contributed by atoms with Gasteiger partial charge in [0.25, 0.3) is 5.69 Å². The van der Waals surface area contributed by atoms with Gasteiger partial charge in [0.15, 0.2) is 0 Å². The Hall–Kier alpha value is -1.29. The Bertz CT molecular complexity index is 479. The number of hydrogen-bond donors (Lipinski definition) is 1. The largest absolute Gasteiger partial charge is 0.381 e. The summed E-state index contributed by atoms with van der Waals surface area (Å²) in [4.78, 5) is 10.2. The van der Waals surface area contributed by atoms with E-state index in [-0.39, 0.29) is 5.69 Å². The summed E-state index contributed by atoms with van der Waals surface area (Å²) in [6.45, 7) is 4.52. The van der Waals surface area contributed by atoms with Crippen molar-refractivity contribution in [2.24, 2.45) is 11.8 Å². The molecule has 1 saturated carbocycles. The lowest BCUT2D eigenvalue weighted by molar-refractivity contribution is -0.384. The van der Waals surface area contributed by atoms with Gasteiger partial charge in [-0.3, -0.25) is 10.1 Å². The molecule has 0 bridgehead atoms. The molecule has 0 heterocycles. The number of nitrogens with one attached hydrogen (secondary N) is 1. The molecule has 1 aromatic carbocycles. The van der Waals surface area contributed by atoms with E-state index in [2.05, 4.69) is 19.2 Å². The third-order valence-electron chi connectivity index (χ3n) is 4.21. The van der Waals surface area contributed by atoms with Crippen molar-refractivity contribution in [2.75, 3.05) is 5.32 Å². The fourth-order valence-corrected chi connectivity index (χ4v) is 2.95. The fraction of sp³-hybridized carbons (Fsp3) is 0.571. The molecule has 0 saturated heterocycles. The van der Waals surface area contributed by atoms with E-state index in [0.29, 0.717) is 22.9 Å². The molecule has 1 aliphatic rings. The Morgan fingerprint density at radius 2 is 2.11 bits per heavy atom. The lowest BCUT2D eigenvalue weighted by atomic mass is 9.78. The lowest BCUT2D eigenvalue weighted by Crippen LogP contribution is -2.35. The van der Waals surface area contributed by atoms with Gasteiger partial charge in [0.2, 0.25) is 0 Å². The minimum atomic E-state index is -0.430. The topological polar surface area (TPSA) is 55.2 Å². The molecule has 104 valence electrons. The normalized spacial score (nSPS) is 27.0. The fourth-order valence-electron chi connectivity index (χ4n) is 2.72. The van der Waals surface area contributed by atoms with Crippen LogP contribution in [0.2, 0.25) is 5.02 Å². The first-order valence-corrected chi connectivity index (χ1v) is 7.07. The average molecular weight is 283 g/mol.